The first-order chi connectivity index (χ1) is 13.5. The van der Waals surface area contributed by atoms with Crippen molar-refractivity contribution in [2.75, 3.05) is 12.4 Å². The maximum Gasteiger partial charge on any atom is 0.175 e. The molecule has 3 nitrogen and oxygen atoms in total. The molecule has 1 N–H and O–H groups in total. The van der Waals surface area contributed by atoms with Crippen LogP contribution in [0.3, 0.4) is 0 Å². The minimum Gasteiger partial charge on any atom is -0.493 e. The smallest absolute Gasteiger partial charge is 0.175 e. The van der Waals surface area contributed by atoms with Crippen LogP contribution in [0.2, 0.25) is 0 Å². The fourth-order valence-electron chi connectivity index (χ4n) is 2.96. The Kier molecular flexibility index (Phi) is 6.57. The second-order valence-electron chi connectivity index (χ2n) is 6.70. The molecule has 0 amide bonds. The fraction of sp³-hybridized carbons (Fsp3) is 0.217. The average molecular weight is 444 g/mol. The number of benzene rings is 3. The molecule has 5 heteroatoms. The Bertz CT molecular complexity index is 958. The third kappa shape index (κ3) is 5.04. The van der Waals surface area contributed by atoms with E-state index in [1.54, 1.807) is 19.2 Å². The predicted molar refractivity (Wildman–Crippen MR) is 115 cm³/mol. The summed E-state index contributed by atoms with van der Waals surface area (Å²) >= 11 is 3.58. The zero-order valence-electron chi connectivity index (χ0n) is 16.2. The molecule has 0 bridgehead atoms. The first-order valence-corrected chi connectivity index (χ1v) is 9.80. The highest BCUT2D eigenvalue weighted by atomic mass is 79.9. The highest BCUT2D eigenvalue weighted by Crippen LogP contribution is 2.37. The van der Waals surface area contributed by atoms with Crippen molar-refractivity contribution < 1.29 is 13.9 Å². The number of methoxy groups -OCH3 is 1. The van der Waals surface area contributed by atoms with E-state index < -0.39 is 0 Å². The van der Waals surface area contributed by atoms with E-state index in [1.807, 2.05) is 12.1 Å². The van der Waals surface area contributed by atoms with Crippen LogP contribution in [0.15, 0.2) is 59.1 Å². The summed E-state index contributed by atoms with van der Waals surface area (Å²) in [5.74, 6) is 1.01. The Hall–Kier alpha value is -2.53. The van der Waals surface area contributed by atoms with Gasteiger partial charge in [-0.1, -0.05) is 29.8 Å². The molecule has 146 valence electrons. The van der Waals surface area contributed by atoms with E-state index in [2.05, 4.69) is 53.3 Å². The summed E-state index contributed by atoms with van der Waals surface area (Å²) in [6, 6.07) is 16.6. The van der Waals surface area contributed by atoms with Gasteiger partial charge in [-0.05, 0) is 76.8 Å². The molecule has 0 unspecified atom stereocenters. The minimum atomic E-state index is -0.261. The van der Waals surface area contributed by atoms with E-state index in [0.717, 1.165) is 21.3 Å². The highest BCUT2D eigenvalue weighted by Gasteiger charge is 2.12. The van der Waals surface area contributed by atoms with Crippen LogP contribution < -0.4 is 14.8 Å². The number of anilines is 1. The highest BCUT2D eigenvalue weighted by molar-refractivity contribution is 9.10. The topological polar surface area (TPSA) is 30.5 Å². The van der Waals surface area contributed by atoms with E-state index in [1.165, 1.54) is 23.3 Å². The molecule has 0 aromatic heterocycles. The summed E-state index contributed by atoms with van der Waals surface area (Å²) in [5.41, 5.74) is 5.52. The Labute approximate surface area is 173 Å². The van der Waals surface area contributed by atoms with Gasteiger partial charge in [-0.15, -0.1) is 0 Å². The van der Waals surface area contributed by atoms with Gasteiger partial charge < -0.3 is 14.8 Å². The van der Waals surface area contributed by atoms with Crippen LogP contribution in [0.5, 0.6) is 11.5 Å². The molecular weight excluding hydrogens is 421 g/mol. The fourth-order valence-corrected chi connectivity index (χ4v) is 3.56. The van der Waals surface area contributed by atoms with Gasteiger partial charge in [-0.25, -0.2) is 4.39 Å². The van der Waals surface area contributed by atoms with E-state index >= 15 is 0 Å². The molecule has 0 radical (unpaired) electrons. The molecule has 0 aliphatic carbocycles. The lowest BCUT2D eigenvalue weighted by Crippen LogP contribution is -2.03. The standard InChI is InChI=1S/C23H23BrFNO2/c1-15-4-9-21(16(2)10-15)26-13-18-11-20(24)23(22(12-18)27-3)28-14-17-5-7-19(25)8-6-17/h4-12,26H,13-14H2,1-3H3. The molecule has 3 aromatic rings. The first-order valence-electron chi connectivity index (χ1n) is 9.01. The second-order valence-corrected chi connectivity index (χ2v) is 7.55. The van der Waals surface area contributed by atoms with Crippen LogP contribution in [0.25, 0.3) is 0 Å². The molecule has 28 heavy (non-hydrogen) atoms. The second kappa shape index (κ2) is 9.11. The average Bonchev–Trinajstić information content (AvgIpc) is 2.67. The number of nitrogens with one attached hydrogen (secondary N) is 1. The number of hydrogen-bond acceptors (Lipinski definition) is 3. The molecule has 0 saturated carbocycles. The van der Waals surface area contributed by atoms with Crippen molar-refractivity contribution in [1.29, 1.82) is 0 Å². The van der Waals surface area contributed by atoms with Gasteiger partial charge in [0.05, 0.1) is 11.6 Å². The van der Waals surface area contributed by atoms with Crippen molar-refractivity contribution in [2.24, 2.45) is 0 Å². The van der Waals surface area contributed by atoms with Gasteiger partial charge in [0.15, 0.2) is 11.5 Å². The van der Waals surface area contributed by atoms with Crippen LogP contribution in [-0.2, 0) is 13.2 Å². The predicted octanol–water partition coefficient (Wildman–Crippen LogP) is 6.40. The molecule has 0 aliphatic rings. The Morgan fingerprint density at radius 2 is 1.71 bits per heavy atom. The van der Waals surface area contributed by atoms with Crippen molar-refractivity contribution in [3.8, 4) is 11.5 Å². The Balaban J connectivity index is 1.72. The van der Waals surface area contributed by atoms with Crippen molar-refractivity contribution >= 4 is 21.6 Å². The largest absolute Gasteiger partial charge is 0.493 e. The normalized spacial score (nSPS) is 10.6. The number of ether oxygens (including phenoxy) is 2. The van der Waals surface area contributed by atoms with Crippen molar-refractivity contribution in [1.82, 2.24) is 0 Å². The van der Waals surface area contributed by atoms with Gasteiger partial charge in [0.25, 0.3) is 0 Å². The van der Waals surface area contributed by atoms with Crippen LogP contribution in [0, 0.1) is 19.7 Å². The molecule has 0 heterocycles. The molecule has 0 spiro atoms. The van der Waals surface area contributed by atoms with Gasteiger partial charge in [0, 0.05) is 12.2 Å². The lowest BCUT2D eigenvalue weighted by molar-refractivity contribution is 0.282. The minimum absolute atomic E-state index is 0.261. The summed E-state index contributed by atoms with van der Waals surface area (Å²) in [6.45, 7) is 5.17. The molecule has 3 rings (SSSR count). The van der Waals surface area contributed by atoms with Crippen LogP contribution in [0.4, 0.5) is 10.1 Å². The molecule has 3 aromatic carbocycles. The van der Waals surface area contributed by atoms with Crippen molar-refractivity contribution in [3.63, 3.8) is 0 Å². The summed E-state index contributed by atoms with van der Waals surface area (Å²) in [4.78, 5) is 0. The van der Waals surface area contributed by atoms with E-state index in [9.17, 15) is 4.39 Å². The van der Waals surface area contributed by atoms with Gasteiger partial charge >= 0.3 is 0 Å². The third-order valence-electron chi connectivity index (χ3n) is 4.45. The monoisotopic (exact) mass is 443 g/mol. The van der Waals surface area contributed by atoms with Crippen LogP contribution in [0.1, 0.15) is 22.3 Å². The zero-order valence-corrected chi connectivity index (χ0v) is 17.8. The van der Waals surface area contributed by atoms with Gasteiger partial charge in [0.2, 0.25) is 0 Å². The molecule has 0 aliphatic heterocycles. The molecular formula is C23H23BrFNO2. The summed E-state index contributed by atoms with van der Waals surface area (Å²) in [6.07, 6.45) is 0. The maximum atomic E-state index is 13.0. The van der Waals surface area contributed by atoms with E-state index in [4.69, 9.17) is 9.47 Å². The van der Waals surface area contributed by atoms with E-state index in [0.29, 0.717) is 24.7 Å². The van der Waals surface area contributed by atoms with Crippen molar-refractivity contribution in [2.45, 2.75) is 27.0 Å². The Morgan fingerprint density at radius 1 is 0.964 bits per heavy atom. The lowest BCUT2D eigenvalue weighted by Gasteiger charge is -2.16. The molecule has 0 fully saturated rings. The number of rotatable bonds is 7. The zero-order chi connectivity index (χ0) is 20.1. The quantitative estimate of drug-likeness (QED) is 0.457. The summed E-state index contributed by atoms with van der Waals surface area (Å²) < 4.78 is 25.3. The van der Waals surface area contributed by atoms with Crippen molar-refractivity contribution in [3.05, 3.63) is 87.1 Å². The number of hydrogen-bond donors (Lipinski definition) is 1. The number of aryl methyl sites for hydroxylation is 2. The van der Waals surface area contributed by atoms with E-state index in [-0.39, 0.29) is 5.82 Å². The molecule has 0 saturated heterocycles. The first kappa shape index (κ1) is 20.2. The Morgan fingerprint density at radius 3 is 2.39 bits per heavy atom. The van der Waals surface area contributed by atoms with Gasteiger partial charge in [-0.2, -0.15) is 0 Å². The lowest BCUT2D eigenvalue weighted by atomic mass is 10.1. The molecule has 0 atom stereocenters. The summed E-state index contributed by atoms with van der Waals surface area (Å²) in [7, 11) is 1.62. The summed E-state index contributed by atoms with van der Waals surface area (Å²) in [5, 5.41) is 3.46. The SMILES string of the molecule is COc1cc(CNc2ccc(C)cc2C)cc(Br)c1OCc1ccc(F)cc1. The van der Waals surface area contributed by atoms with Crippen LogP contribution >= 0.6 is 15.9 Å². The maximum absolute atomic E-state index is 13.0. The third-order valence-corrected chi connectivity index (χ3v) is 5.04. The van der Waals surface area contributed by atoms with Gasteiger partial charge in [0.1, 0.15) is 12.4 Å². The van der Waals surface area contributed by atoms with Crippen LogP contribution in [-0.4, -0.2) is 7.11 Å². The van der Waals surface area contributed by atoms with Gasteiger partial charge in [-0.3, -0.25) is 0 Å². The number of halogens is 2.